The summed E-state index contributed by atoms with van der Waals surface area (Å²) in [7, 11) is 0. The second-order valence-corrected chi connectivity index (χ2v) is 6.37. The standard InChI is InChI=1S/C22H20N2O2/c25-22(15-26-21-14-6-10-17-8-2-4-12-19(17)21)24-23-20-13-5-9-16-7-1-3-11-18(16)20/h1-4,6-8,10-12,14H,5,9,13,15H2,(H,24,25)/b23-20-. The van der Waals surface area contributed by atoms with Crippen molar-refractivity contribution < 1.29 is 9.53 Å². The number of carbonyl (C=O) groups is 1. The molecule has 0 bridgehead atoms. The Morgan fingerprint density at radius 3 is 2.73 bits per heavy atom. The van der Waals surface area contributed by atoms with Gasteiger partial charge < -0.3 is 4.74 Å². The molecule has 1 amide bonds. The van der Waals surface area contributed by atoms with Gasteiger partial charge in [-0.3, -0.25) is 4.79 Å². The summed E-state index contributed by atoms with van der Waals surface area (Å²) in [6.45, 7) is -0.0631. The van der Waals surface area contributed by atoms with Crippen molar-refractivity contribution in [1.82, 2.24) is 5.43 Å². The number of carbonyl (C=O) groups excluding carboxylic acids is 1. The lowest BCUT2D eigenvalue weighted by Crippen LogP contribution is -2.27. The van der Waals surface area contributed by atoms with Crippen LogP contribution in [0.1, 0.15) is 24.0 Å². The third-order valence-corrected chi connectivity index (χ3v) is 4.61. The molecule has 1 aliphatic carbocycles. The first-order valence-electron chi connectivity index (χ1n) is 8.85. The number of rotatable bonds is 4. The van der Waals surface area contributed by atoms with Crippen LogP contribution < -0.4 is 10.2 Å². The minimum atomic E-state index is -0.256. The quantitative estimate of drug-likeness (QED) is 0.725. The molecule has 4 heteroatoms. The van der Waals surface area contributed by atoms with E-state index in [0.717, 1.165) is 41.3 Å². The van der Waals surface area contributed by atoms with E-state index in [4.69, 9.17) is 4.74 Å². The molecule has 4 rings (SSSR count). The highest BCUT2D eigenvalue weighted by molar-refractivity contribution is 6.03. The van der Waals surface area contributed by atoms with Crippen molar-refractivity contribution in [3.8, 4) is 5.75 Å². The van der Waals surface area contributed by atoms with Gasteiger partial charge in [-0.2, -0.15) is 5.10 Å². The number of ether oxygens (including phenoxy) is 1. The molecule has 1 N–H and O–H groups in total. The van der Waals surface area contributed by atoms with Crippen LogP contribution in [0.15, 0.2) is 71.8 Å². The molecular weight excluding hydrogens is 324 g/mol. The van der Waals surface area contributed by atoms with Crippen LogP contribution in [0.4, 0.5) is 0 Å². The maximum atomic E-state index is 12.2. The van der Waals surface area contributed by atoms with E-state index >= 15 is 0 Å². The number of benzene rings is 3. The average Bonchev–Trinajstić information content (AvgIpc) is 2.70. The average molecular weight is 344 g/mol. The largest absolute Gasteiger partial charge is 0.483 e. The summed E-state index contributed by atoms with van der Waals surface area (Å²) in [6.07, 6.45) is 2.99. The smallest absolute Gasteiger partial charge is 0.277 e. The van der Waals surface area contributed by atoms with Crippen molar-refractivity contribution in [2.45, 2.75) is 19.3 Å². The molecule has 0 heterocycles. The van der Waals surface area contributed by atoms with E-state index in [9.17, 15) is 4.79 Å². The number of hydrogen-bond donors (Lipinski definition) is 1. The Labute approximate surface area is 152 Å². The molecule has 26 heavy (non-hydrogen) atoms. The van der Waals surface area contributed by atoms with Crippen LogP contribution in [0.2, 0.25) is 0 Å². The molecule has 0 spiro atoms. The van der Waals surface area contributed by atoms with Crippen LogP contribution in [0.3, 0.4) is 0 Å². The molecule has 0 radical (unpaired) electrons. The minimum Gasteiger partial charge on any atom is -0.483 e. The number of aryl methyl sites for hydroxylation is 1. The van der Waals surface area contributed by atoms with Crippen LogP contribution >= 0.6 is 0 Å². The zero-order valence-electron chi connectivity index (χ0n) is 14.4. The van der Waals surface area contributed by atoms with Gasteiger partial charge in [0.05, 0.1) is 5.71 Å². The number of nitrogens with zero attached hydrogens (tertiary/aromatic N) is 1. The Balaban J connectivity index is 1.42. The third kappa shape index (κ3) is 3.45. The maximum absolute atomic E-state index is 12.2. The Hall–Kier alpha value is -3.14. The summed E-state index contributed by atoms with van der Waals surface area (Å²) in [5.41, 5.74) is 5.99. The molecule has 0 fully saturated rings. The summed E-state index contributed by atoms with van der Waals surface area (Å²) >= 11 is 0. The fourth-order valence-corrected chi connectivity index (χ4v) is 3.34. The van der Waals surface area contributed by atoms with Gasteiger partial charge in [0.15, 0.2) is 6.61 Å². The van der Waals surface area contributed by atoms with E-state index in [1.54, 1.807) is 0 Å². The van der Waals surface area contributed by atoms with Crippen molar-refractivity contribution >= 4 is 22.4 Å². The summed E-state index contributed by atoms with van der Waals surface area (Å²) in [5.74, 6) is 0.447. The normalized spacial score (nSPS) is 14.8. The summed E-state index contributed by atoms with van der Waals surface area (Å²) in [5, 5.41) is 6.42. The van der Waals surface area contributed by atoms with Gasteiger partial charge in [-0.05, 0) is 36.3 Å². The molecule has 4 nitrogen and oxygen atoms in total. The lowest BCUT2D eigenvalue weighted by molar-refractivity contribution is -0.123. The summed E-state index contributed by atoms with van der Waals surface area (Å²) < 4.78 is 5.71. The molecule has 0 atom stereocenters. The highest BCUT2D eigenvalue weighted by atomic mass is 16.5. The number of amides is 1. The highest BCUT2D eigenvalue weighted by Gasteiger charge is 2.15. The molecule has 0 saturated carbocycles. The lowest BCUT2D eigenvalue weighted by atomic mass is 9.90. The van der Waals surface area contributed by atoms with Crippen molar-refractivity contribution in [1.29, 1.82) is 0 Å². The topological polar surface area (TPSA) is 50.7 Å². The second-order valence-electron chi connectivity index (χ2n) is 6.37. The Morgan fingerprint density at radius 1 is 0.962 bits per heavy atom. The Morgan fingerprint density at radius 2 is 1.77 bits per heavy atom. The van der Waals surface area contributed by atoms with E-state index in [0.29, 0.717) is 5.75 Å². The van der Waals surface area contributed by atoms with Crippen LogP contribution in [0, 0.1) is 0 Å². The first-order chi connectivity index (χ1) is 12.8. The van der Waals surface area contributed by atoms with Crippen molar-refractivity contribution in [3.05, 3.63) is 77.9 Å². The van der Waals surface area contributed by atoms with Crippen LogP contribution in [-0.4, -0.2) is 18.2 Å². The first-order valence-corrected chi connectivity index (χ1v) is 8.85. The van der Waals surface area contributed by atoms with Gasteiger partial charge in [0.1, 0.15) is 5.75 Å². The van der Waals surface area contributed by atoms with Gasteiger partial charge in [-0.25, -0.2) is 5.43 Å². The van der Waals surface area contributed by atoms with E-state index in [2.05, 4.69) is 22.7 Å². The van der Waals surface area contributed by atoms with Crippen LogP contribution in [0.5, 0.6) is 5.75 Å². The monoisotopic (exact) mass is 344 g/mol. The van der Waals surface area contributed by atoms with Gasteiger partial charge in [-0.1, -0.05) is 60.7 Å². The minimum absolute atomic E-state index is 0.0631. The second kappa shape index (κ2) is 7.40. The molecule has 3 aromatic rings. The molecular formula is C22H20N2O2. The Kier molecular flexibility index (Phi) is 4.65. The molecule has 0 aliphatic heterocycles. The fourth-order valence-electron chi connectivity index (χ4n) is 3.34. The fraction of sp³-hybridized carbons (Fsp3) is 0.182. The molecule has 0 saturated heterocycles. The molecule has 0 unspecified atom stereocenters. The van der Waals surface area contributed by atoms with E-state index in [1.165, 1.54) is 5.56 Å². The van der Waals surface area contributed by atoms with E-state index < -0.39 is 0 Å². The Bertz CT molecular complexity index is 973. The zero-order chi connectivity index (χ0) is 17.8. The highest BCUT2D eigenvalue weighted by Crippen LogP contribution is 2.25. The van der Waals surface area contributed by atoms with Crippen LogP contribution in [0.25, 0.3) is 10.8 Å². The molecule has 0 aromatic heterocycles. The predicted molar refractivity (Wildman–Crippen MR) is 104 cm³/mol. The number of hydrazone groups is 1. The number of nitrogens with one attached hydrogen (secondary N) is 1. The maximum Gasteiger partial charge on any atom is 0.277 e. The van der Waals surface area contributed by atoms with Crippen molar-refractivity contribution in [2.24, 2.45) is 5.10 Å². The molecule has 1 aliphatic rings. The predicted octanol–water partition coefficient (Wildman–Crippen LogP) is 4.08. The summed E-state index contributed by atoms with van der Waals surface area (Å²) in [6, 6.07) is 22.0. The van der Waals surface area contributed by atoms with Crippen molar-refractivity contribution in [3.63, 3.8) is 0 Å². The molecule has 130 valence electrons. The van der Waals surface area contributed by atoms with Crippen molar-refractivity contribution in [2.75, 3.05) is 6.61 Å². The van der Waals surface area contributed by atoms with Gasteiger partial charge >= 0.3 is 0 Å². The number of fused-ring (bicyclic) bond motifs is 2. The van der Waals surface area contributed by atoms with E-state index in [1.807, 2.05) is 54.6 Å². The number of hydrogen-bond acceptors (Lipinski definition) is 3. The summed E-state index contributed by atoms with van der Waals surface area (Å²) in [4.78, 5) is 12.2. The van der Waals surface area contributed by atoms with Crippen LogP contribution in [-0.2, 0) is 11.2 Å². The SMILES string of the molecule is O=C(COc1cccc2ccccc12)N/N=C1/CCCc2ccccc21. The van der Waals surface area contributed by atoms with Gasteiger partial charge in [0, 0.05) is 10.9 Å². The van der Waals surface area contributed by atoms with Gasteiger partial charge in [0.2, 0.25) is 0 Å². The third-order valence-electron chi connectivity index (χ3n) is 4.61. The van der Waals surface area contributed by atoms with Gasteiger partial charge in [0.25, 0.3) is 5.91 Å². The van der Waals surface area contributed by atoms with Gasteiger partial charge in [-0.15, -0.1) is 0 Å². The first kappa shape index (κ1) is 16.3. The van der Waals surface area contributed by atoms with E-state index in [-0.39, 0.29) is 12.5 Å². The molecule has 3 aromatic carbocycles. The zero-order valence-corrected chi connectivity index (χ0v) is 14.4. The lowest BCUT2D eigenvalue weighted by Gasteiger charge is -2.17.